The number of pyridine rings is 1. The second kappa shape index (κ2) is 6.98. The van der Waals surface area contributed by atoms with Crippen LogP contribution >= 0.6 is 15.9 Å². The summed E-state index contributed by atoms with van der Waals surface area (Å²) in [4.78, 5) is 4.65. The Balaban J connectivity index is 2.22. The molecule has 4 nitrogen and oxygen atoms in total. The van der Waals surface area contributed by atoms with E-state index in [4.69, 9.17) is 0 Å². The summed E-state index contributed by atoms with van der Waals surface area (Å²) in [5.41, 5.74) is 2.93. The summed E-state index contributed by atoms with van der Waals surface area (Å²) in [5.74, 6) is -0.361. The van der Waals surface area contributed by atoms with Gasteiger partial charge in [0.05, 0.1) is 16.2 Å². The molecular formula is C19H12BrFN2O2S. The summed E-state index contributed by atoms with van der Waals surface area (Å²) in [6, 6.07) is 15.9. The predicted molar refractivity (Wildman–Crippen MR) is 101 cm³/mol. The minimum absolute atomic E-state index is 0.204. The largest absolute Gasteiger partial charge is 0.239 e. The lowest BCUT2D eigenvalue weighted by atomic mass is 9.98. The molecule has 0 aliphatic heterocycles. The van der Waals surface area contributed by atoms with Gasteiger partial charge in [-0.2, -0.15) is 5.26 Å². The lowest BCUT2D eigenvalue weighted by Crippen LogP contribution is -1.97. The third-order valence-electron chi connectivity index (χ3n) is 3.81. The number of hydrogen-bond donors (Lipinski definition) is 0. The number of nitriles is 1. The molecule has 2 aromatic carbocycles. The summed E-state index contributed by atoms with van der Waals surface area (Å²) in [6.07, 6.45) is 1.14. The Labute approximate surface area is 159 Å². The number of hydrogen-bond acceptors (Lipinski definition) is 4. The van der Waals surface area contributed by atoms with Crippen LogP contribution in [0, 0.1) is 17.1 Å². The highest BCUT2D eigenvalue weighted by Crippen LogP contribution is 2.34. The van der Waals surface area contributed by atoms with E-state index in [-0.39, 0.29) is 10.7 Å². The normalized spacial score (nSPS) is 11.2. The number of sulfone groups is 1. The van der Waals surface area contributed by atoms with Crippen molar-refractivity contribution in [2.24, 2.45) is 0 Å². The van der Waals surface area contributed by atoms with Crippen LogP contribution in [0.1, 0.15) is 5.56 Å². The molecule has 0 saturated carbocycles. The Bertz CT molecular complexity index is 1120. The lowest BCUT2D eigenvalue weighted by molar-refractivity contribution is 0.602. The molecule has 130 valence electrons. The quantitative estimate of drug-likeness (QED) is 0.569. The van der Waals surface area contributed by atoms with Crippen LogP contribution in [-0.2, 0) is 9.84 Å². The number of aromatic nitrogens is 1. The third kappa shape index (κ3) is 3.66. The Morgan fingerprint density at radius 3 is 2.15 bits per heavy atom. The van der Waals surface area contributed by atoms with Crippen molar-refractivity contribution in [2.75, 3.05) is 6.26 Å². The molecule has 0 unspecified atom stereocenters. The third-order valence-corrected chi connectivity index (χ3v) is 5.54. The standard InChI is InChI=1S/C19H12BrFN2O2S/c1-26(24,25)16-8-4-12(5-9-16)17-10-14(11-22)19(20)23-18(17)13-2-6-15(21)7-3-13/h2-10H,1H3. The number of nitrogens with zero attached hydrogens (tertiary/aromatic N) is 2. The van der Waals surface area contributed by atoms with Gasteiger partial charge in [-0.1, -0.05) is 12.1 Å². The first-order chi connectivity index (χ1) is 12.3. The monoisotopic (exact) mass is 430 g/mol. The first-order valence-corrected chi connectivity index (χ1v) is 10.1. The van der Waals surface area contributed by atoms with Crippen molar-refractivity contribution in [3.05, 3.63) is 70.6 Å². The Morgan fingerprint density at radius 1 is 1.04 bits per heavy atom. The Kier molecular flexibility index (Phi) is 4.90. The minimum Gasteiger partial charge on any atom is -0.239 e. The van der Waals surface area contributed by atoms with Crippen LogP contribution in [0.25, 0.3) is 22.4 Å². The van der Waals surface area contributed by atoms with Crippen molar-refractivity contribution in [3.63, 3.8) is 0 Å². The van der Waals surface area contributed by atoms with E-state index in [2.05, 4.69) is 27.0 Å². The van der Waals surface area contributed by atoms with Crippen LogP contribution in [0.5, 0.6) is 0 Å². The Morgan fingerprint density at radius 2 is 1.62 bits per heavy atom. The molecule has 0 fully saturated rings. The van der Waals surface area contributed by atoms with Crippen molar-refractivity contribution in [3.8, 4) is 28.5 Å². The SMILES string of the molecule is CS(=O)(=O)c1ccc(-c2cc(C#N)c(Br)nc2-c2ccc(F)cc2)cc1. The number of rotatable bonds is 3. The van der Waals surface area contributed by atoms with E-state index in [0.29, 0.717) is 32.6 Å². The molecule has 0 N–H and O–H groups in total. The average Bonchev–Trinajstić information content (AvgIpc) is 2.61. The maximum absolute atomic E-state index is 13.3. The number of halogens is 2. The second-order valence-electron chi connectivity index (χ2n) is 5.64. The lowest BCUT2D eigenvalue weighted by Gasteiger charge is -2.12. The molecule has 0 saturated heterocycles. The molecule has 3 rings (SSSR count). The van der Waals surface area contributed by atoms with E-state index < -0.39 is 9.84 Å². The molecule has 0 aliphatic carbocycles. The number of benzene rings is 2. The smallest absolute Gasteiger partial charge is 0.175 e. The van der Waals surface area contributed by atoms with Crippen LogP contribution in [0.3, 0.4) is 0 Å². The summed E-state index contributed by atoms with van der Waals surface area (Å²) in [7, 11) is -3.31. The van der Waals surface area contributed by atoms with Gasteiger partial charge in [-0.3, -0.25) is 0 Å². The minimum atomic E-state index is -3.31. The van der Waals surface area contributed by atoms with Crippen molar-refractivity contribution >= 4 is 25.8 Å². The summed E-state index contributed by atoms with van der Waals surface area (Å²) in [6.45, 7) is 0. The summed E-state index contributed by atoms with van der Waals surface area (Å²) < 4.78 is 36.9. The van der Waals surface area contributed by atoms with E-state index in [0.717, 1.165) is 6.26 Å². The molecule has 1 heterocycles. The topological polar surface area (TPSA) is 70.8 Å². The van der Waals surface area contributed by atoms with Crippen molar-refractivity contribution in [1.82, 2.24) is 4.98 Å². The fourth-order valence-electron chi connectivity index (χ4n) is 2.50. The molecule has 3 aromatic rings. The van der Waals surface area contributed by atoms with E-state index >= 15 is 0 Å². The van der Waals surface area contributed by atoms with Gasteiger partial charge >= 0.3 is 0 Å². The molecule has 0 bridgehead atoms. The maximum atomic E-state index is 13.3. The van der Waals surface area contributed by atoms with E-state index in [9.17, 15) is 18.1 Å². The van der Waals surface area contributed by atoms with E-state index in [1.54, 1.807) is 30.3 Å². The molecule has 7 heteroatoms. The molecule has 0 radical (unpaired) electrons. The van der Waals surface area contributed by atoms with Gasteiger partial charge in [-0.25, -0.2) is 17.8 Å². The van der Waals surface area contributed by atoms with Gasteiger partial charge in [-0.05, 0) is 64.0 Å². The first-order valence-electron chi connectivity index (χ1n) is 7.46. The highest BCUT2D eigenvalue weighted by Gasteiger charge is 2.15. The molecular weight excluding hydrogens is 419 g/mol. The fourth-order valence-corrected chi connectivity index (χ4v) is 3.51. The second-order valence-corrected chi connectivity index (χ2v) is 8.41. The maximum Gasteiger partial charge on any atom is 0.175 e. The zero-order valence-electron chi connectivity index (χ0n) is 13.6. The van der Waals surface area contributed by atoms with Gasteiger partial charge in [-0.15, -0.1) is 0 Å². The Hall–Kier alpha value is -2.56. The summed E-state index contributed by atoms with van der Waals surface area (Å²) >= 11 is 3.28. The molecule has 0 atom stereocenters. The average molecular weight is 431 g/mol. The van der Waals surface area contributed by atoms with Gasteiger partial charge in [0, 0.05) is 17.4 Å². The molecule has 1 aromatic heterocycles. The molecule has 26 heavy (non-hydrogen) atoms. The summed E-state index contributed by atoms with van der Waals surface area (Å²) in [5, 5.41) is 9.29. The van der Waals surface area contributed by atoms with Crippen LogP contribution in [-0.4, -0.2) is 19.7 Å². The zero-order valence-corrected chi connectivity index (χ0v) is 16.0. The first kappa shape index (κ1) is 18.2. The van der Waals surface area contributed by atoms with Gasteiger partial charge in [0.25, 0.3) is 0 Å². The molecule has 0 aliphatic rings. The van der Waals surface area contributed by atoms with Gasteiger partial charge < -0.3 is 0 Å². The van der Waals surface area contributed by atoms with Crippen LogP contribution in [0.4, 0.5) is 4.39 Å². The highest BCUT2D eigenvalue weighted by atomic mass is 79.9. The van der Waals surface area contributed by atoms with Crippen LogP contribution < -0.4 is 0 Å². The van der Waals surface area contributed by atoms with E-state index in [1.807, 2.05) is 0 Å². The van der Waals surface area contributed by atoms with Crippen molar-refractivity contribution in [1.29, 1.82) is 5.26 Å². The molecule has 0 amide bonds. The van der Waals surface area contributed by atoms with Crippen LogP contribution in [0.15, 0.2) is 64.1 Å². The fraction of sp³-hybridized carbons (Fsp3) is 0.0526. The highest BCUT2D eigenvalue weighted by molar-refractivity contribution is 9.10. The van der Waals surface area contributed by atoms with Crippen molar-refractivity contribution < 1.29 is 12.8 Å². The van der Waals surface area contributed by atoms with Gasteiger partial charge in [0.1, 0.15) is 16.5 Å². The van der Waals surface area contributed by atoms with Crippen molar-refractivity contribution in [2.45, 2.75) is 4.90 Å². The van der Waals surface area contributed by atoms with E-state index in [1.165, 1.54) is 24.3 Å². The van der Waals surface area contributed by atoms with Gasteiger partial charge in [0.15, 0.2) is 9.84 Å². The van der Waals surface area contributed by atoms with Crippen LogP contribution in [0.2, 0.25) is 0 Å². The van der Waals surface area contributed by atoms with Gasteiger partial charge in [0.2, 0.25) is 0 Å². The predicted octanol–water partition coefficient (Wildman–Crippen LogP) is 4.59. The molecule has 0 spiro atoms. The zero-order chi connectivity index (χ0) is 18.9.